The van der Waals surface area contributed by atoms with Crippen molar-refractivity contribution in [1.29, 1.82) is 0 Å². The van der Waals surface area contributed by atoms with Crippen LogP contribution in [0.25, 0.3) is 17.4 Å². The van der Waals surface area contributed by atoms with Gasteiger partial charge in [-0.1, -0.05) is 53.8 Å². The largest absolute Gasteiger partial charge is 0.480 e. The van der Waals surface area contributed by atoms with E-state index >= 15 is 0 Å². The molecular weight excluding hydrogens is 414 g/mol. The van der Waals surface area contributed by atoms with Gasteiger partial charge in [0.2, 0.25) is 0 Å². The molecule has 2 aromatic rings. The number of thiocarbonyl (C=S) groups is 1. The number of aliphatic carboxylic acids is 1. The van der Waals surface area contributed by atoms with Gasteiger partial charge in [0.25, 0.3) is 5.91 Å². The maximum Gasteiger partial charge on any atom is 0.326 e. The van der Waals surface area contributed by atoms with Crippen LogP contribution in [0.1, 0.15) is 17.7 Å². The van der Waals surface area contributed by atoms with E-state index in [4.69, 9.17) is 16.6 Å². The van der Waals surface area contributed by atoms with Crippen LogP contribution >= 0.6 is 35.7 Å². The van der Waals surface area contributed by atoms with Gasteiger partial charge in [-0.05, 0) is 37.5 Å². The van der Waals surface area contributed by atoms with Gasteiger partial charge in [0.05, 0.1) is 4.91 Å². The monoisotopic (exact) mass is 433 g/mol. The van der Waals surface area contributed by atoms with E-state index in [0.29, 0.717) is 28.6 Å². The number of benzene rings is 1. The van der Waals surface area contributed by atoms with Crippen LogP contribution in [0.4, 0.5) is 0 Å². The third-order valence-electron chi connectivity index (χ3n) is 4.25. The van der Waals surface area contributed by atoms with Gasteiger partial charge in [-0.2, -0.15) is 11.8 Å². The minimum absolute atomic E-state index is 0.259. The highest BCUT2D eigenvalue weighted by molar-refractivity contribution is 8.26. The van der Waals surface area contributed by atoms with E-state index in [2.05, 4.69) is 0 Å². The minimum Gasteiger partial charge on any atom is -0.480 e. The highest BCUT2D eigenvalue weighted by Gasteiger charge is 2.40. The van der Waals surface area contributed by atoms with Gasteiger partial charge in [0, 0.05) is 11.6 Å². The van der Waals surface area contributed by atoms with Gasteiger partial charge < -0.3 is 9.52 Å². The predicted molar refractivity (Wildman–Crippen MR) is 118 cm³/mol. The molecule has 146 valence electrons. The summed E-state index contributed by atoms with van der Waals surface area (Å²) >= 11 is 7.91. The van der Waals surface area contributed by atoms with Crippen LogP contribution < -0.4 is 0 Å². The second-order valence-electron chi connectivity index (χ2n) is 6.26. The average molecular weight is 434 g/mol. The van der Waals surface area contributed by atoms with Crippen LogP contribution in [0.15, 0.2) is 45.7 Å². The van der Waals surface area contributed by atoms with Crippen molar-refractivity contribution < 1.29 is 19.1 Å². The van der Waals surface area contributed by atoms with Crippen molar-refractivity contribution >= 4 is 58.0 Å². The summed E-state index contributed by atoms with van der Waals surface area (Å²) < 4.78 is 6.10. The molecule has 1 aliphatic heterocycles. The molecule has 5 nitrogen and oxygen atoms in total. The summed E-state index contributed by atoms with van der Waals surface area (Å²) in [6.45, 7) is 2.02. The van der Waals surface area contributed by atoms with E-state index in [9.17, 15) is 14.7 Å². The Morgan fingerprint density at radius 1 is 1.32 bits per heavy atom. The van der Waals surface area contributed by atoms with Crippen molar-refractivity contribution in [1.82, 2.24) is 4.90 Å². The molecule has 0 radical (unpaired) electrons. The Balaban J connectivity index is 1.82. The van der Waals surface area contributed by atoms with E-state index < -0.39 is 17.9 Å². The Hall–Kier alpha value is -2.03. The fraction of sp³-hybridized carbons (Fsp3) is 0.250. The Morgan fingerprint density at radius 3 is 2.68 bits per heavy atom. The number of furan rings is 1. The third-order valence-corrected chi connectivity index (χ3v) is 6.23. The number of amides is 1. The number of hydrogen-bond donors (Lipinski definition) is 1. The molecule has 3 rings (SSSR count). The standard InChI is InChI=1S/C20H19NO4S3/c1-12-3-5-13(6-4-12)16-8-7-14(25-16)11-17-18(22)21(20(26)28-17)15(19(23)24)9-10-27-2/h3-8,11,15H,9-10H2,1-2H3,(H,23,24)/b17-11-. The maximum atomic E-state index is 12.8. The molecule has 1 aromatic heterocycles. The zero-order valence-corrected chi connectivity index (χ0v) is 17.8. The Labute approximate surface area is 177 Å². The predicted octanol–water partition coefficient (Wildman–Crippen LogP) is 4.66. The molecule has 0 bridgehead atoms. The van der Waals surface area contributed by atoms with Crippen LogP contribution in [0.3, 0.4) is 0 Å². The Morgan fingerprint density at radius 2 is 2.04 bits per heavy atom. The van der Waals surface area contributed by atoms with Gasteiger partial charge in [-0.25, -0.2) is 4.79 Å². The van der Waals surface area contributed by atoms with Crippen molar-refractivity contribution in [3.63, 3.8) is 0 Å². The van der Waals surface area contributed by atoms with Crippen molar-refractivity contribution in [2.75, 3.05) is 12.0 Å². The first-order chi connectivity index (χ1) is 13.4. The molecular formula is C20H19NO4S3. The number of carbonyl (C=O) groups is 2. The molecule has 1 amide bonds. The molecule has 1 atom stereocenters. The van der Waals surface area contributed by atoms with Crippen molar-refractivity contribution in [3.05, 3.63) is 52.6 Å². The lowest BCUT2D eigenvalue weighted by atomic mass is 10.1. The van der Waals surface area contributed by atoms with E-state index in [1.165, 1.54) is 16.7 Å². The molecule has 1 N–H and O–H groups in total. The van der Waals surface area contributed by atoms with Gasteiger partial charge in [-0.15, -0.1) is 0 Å². The molecule has 1 saturated heterocycles. The number of carboxylic acids is 1. The summed E-state index contributed by atoms with van der Waals surface area (Å²) in [5.41, 5.74) is 2.11. The number of aryl methyl sites for hydroxylation is 1. The Bertz CT molecular complexity index is 933. The van der Waals surface area contributed by atoms with Gasteiger partial charge in [0.15, 0.2) is 0 Å². The third kappa shape index (κ3) is 4.51. The molecule has 1 unspecified atom stereocenters. The summed E-state index contributed by atoms with van der Waals surface area (Å²) in [4.78, 5) is 26.0. The molecule has 1 aliphatic rings. The van der Waals surface area contributed by atoms with E-state index in [1.807, 2.05) is 43.5 Å². The first kappa shape index (κ1) is 20.7. The first-order valence-corrected chi connectivity index (χ1v) is 11.2. The zero-order valence-electron chi connectivity index (χ0n) is 15.4. The molecule has 0 saturated carbocycles. The highest BCUT2D eigenvalue weighted by atomic mass is 32.2. The lowest BCUT2D eigenvalue weighted by molar-refractivity contribution is -0.145. The van der Waals surface area contributed by atoms with E-state index in [1.54, 1.807) is 12.1 Å². The normalized spacial score (nSPS) is 16.8. The quantitative estimate of drug-likeness (QED) is 0.503. The number of thioether (sulfide) groups is 2. The van der Waals surface area contributed by atoms with Crippen molar-refractivity contribution in [2.45, 2.75) is 19.4 Å². The molecule has 8 heteroatoms. The van der Waals surface area contributed by atoms with Gasteiger partial charge in [-0.3, -0.25) is 9.69 Å². The number of carbonyl (C=O) groups excluding carboxylic acids is 1. The van der Waals surface area contributed by atoms with E-state index in [-0.39, 0.29) is 4.32 Å². The number of nitrogens with zero attached hydrogens (tertiary/aromatic N) is 1. The minimum atomic E-state index is -1.05. The smallest absolute Gasteiger partial charge is 0.326 e. The zero-order chi connectivity index (χ0) is 20.3. The highest BCUT2D eigenvalue weighted by Crippen LogP contribution is 2.35. The summed E-state index contributed by atoms with van der Waals surface area (Å²) in [6, 6.07) is 10.6. The summed E-state index contributed by atoms with van der Waals surface area (Å²) in [7, 11) is 0. The second-order valence-corrected chi connectivity index (χ2v) is 8.92. The summed E-state index contributed by atoms with van der Waals surface area (Å²) in [5.74, 6) is 0.408. The number of rotatable bonds is 7. The van der Waals surface area contributed by atoms with Crippen LogP contribution in [-0.2, 0) is 9.59 Å². The van der Waals surface area contributed by atoms with E-state index in [0.717, 1.165) is 22.9 Å². The van der Waals surface area contributed by atoms with Crippen LogP contribution in [0.5, 0.6) is 0 Å². The lowest BCUT2D eigenvalue weighted by Crippen LogP contribution is -2.44. The fourth-order valence-electron chi connectivity index (χ4n) is 2.77. The molecule has 1 aromatic carbocycles. The number of carboxylic acid groups (broad SMARTS) is 1. The molecule has 28 heavy (non-hydrogen) atoms. The van der Waals surface area contributed by atoms with Gasteiger partial charge in [0.1, 0.15) is 21.9 Å². The number of hydrogen-bond acceptors (Lipinski definition) is 6. The van der Waals surface area contributed by atoms with Gasteiger partial charge >= 0.3 is 5.97 Å². The maximum absolute atomic E-state index is 12.8. The van der Waals surface area contributed by atoms with Crippen LogP contribution in [0.2, 0.25) is 0 Å². The topological polar surface area (TPSA) is 70.8 Å². The molecule has 0 aliphatic carbocycles. The molecule has 2 heterocycles. The summed E-state index contributed by atoms with van der Waals surface area (Å²) in [6.07, 6.45) is 3.85. The second kappa shape index (κ2) is 8.98. The Kier molecular flexibility index (Phi) is 6.64. The van der Waals surface area contributed by atoms with Crippen LogP contribution in [0, 0.1) is 6.92 Å². The molecule has 1 fully saturated rings. The molecule has 0 spiro atoms. The SMILES string of the molecule is CSCCC(C(=O)O)N1C(=O)/C(=C/c2ccc(-c3ccc(C)cc3)o2)SC1=S. The lowest BCUT2D eigenvalue weighted by Gasteiger charge is -2.22. The average Bonchev–Trinajstić information content (AvgIpc) is 3.22. The summed E-state index contributed by atoms with van der Waals surface area (Å²) in [5, 5.41) is 9.51. The van der Waals surface area contributed by atoms with Crippen molar-refractivity contribution in [2.24, 2.45) is 0 Å². The van der Waals surface area contributed by atoms with Crippen molar-refractivity contribution in [3.8, 4) is 11.3 Å². The van der Waals surface area contributed by atoms with Crippen LogP contribution in [-0.4, -0.2) is 44.3 Å². The first-order valence-electron chi connectivity index (χ1n) is 8.56. The fourth-order valence-corrected chi connectivity index (χ4v) is 4.57.